The van der Waals surface area contributed by atoms with Crippen LogP contribution in [-0.2, 0) is 0 Å². The number of rotatable bonds is 10. The predicted molar refractivity (Wildman–Crippen MR) is 147 cm³/mol. The summed E-state index contributed by atoms with van der Waals surface area (Å²) in [5, 5.41) is 18.6. The van der Waals surface area contributed by atoms with Gasteiger partial charge in [0.2, 0.25) is 5.78 Å². The molecule has 0 bridgehead atoms. The summed E-state index contributed by atoms with van der Waals surface area (Å²) in [4.78, 5) is 15.5. The van der Waals surface area contributed by atoms with Gasteiger partial charge in [-0.1, -0.05) is 41.4 Å². The quantitative estimate of drug-likeness (QED) is 0.210. The van der Waals surface area contributed by atoms with Crippen molar-refractivity contribution in [3.05, 3.63) is 100 Å². The van der Waals surface area contributed by atoms with E-state index >= 15 is 0 Å². The second-order valence-corrected chi connectivity index (χ2v) is 9.10. The summed E-state index contributed by atoms with van der Waals surface area (Å²) >= 11 is 6.08. The number of carbonyl (C=O) groups excluding carboxylic acids is 1. The van der Waals surface area contributed by atoms with Crippen LogP contribution in [0, 0.1) is 18.3 Å². The first-order chi connectivity index (χ1) is 17.9. The van der Waals surface area contributed by atoms with Gasteiger partial charge in [-0.15, -0.1) is 0 Å². The Morgan fingerprint density at radius 2 is 1.76 bits per heavy atom. The maximum Gasteiger partial charge on any atom is 0.214 e. The Hall–Kier alpha value is -4.28. The maximum absolute atomic E-state index is 13.3. The van der Waals surface area contributed by atoms with Crippen molar-refractivity contribution in [1.82, 2.24) is 9.78 Å². The van der Waals surface area contributed by atoms with Gasteiger partial charge in [0.15, 0.2) is 5.69 Å². The number of nitrogens with one attached hydrogen (secondary N) is 1. The van der Waals surface area contributed by atoms with Gasteiger partial charge in [-0.25, -0.2) is 4.68 Å². The van der Waals surface area contributed by atoms with E-state index in [1.165, 1.54) is 0 Å². The number of aryl methyl sites for hydroxylation is 1. The number of benzene rings is 3. The van der Waals surface area contributed by atoms with E-state index in [1.54, 1.807) is 48.2 Å². The molecule has 3 aromatic carbocycles. The second kappa shape index (κ2) is 11.6. The molecule has 0 radical (unpaired) electrons. The van der Waals surface area contributed by atoms with Gasteiger partial charge in [-0.3, -0.25) is 4.79 Å². The van der Waals surface area contributed by atoms with E-state index in [2.05, 4.69) is 21.4 Å². The third kappa shape index (κ3) is 5.93. The van der Waals surface area contributed by atoms with Crippen LogP contribution >= 0.6 is 11.6 Å². The van der Waals surface area contributed by atoms with Crippen LogP contribution in [0.15, 0.2) is 72.8 Å². The van der Waals surface area contributed by atoms with Crippen molar-refractivity contribution in [2.75, 3.05) is 37.5 Å². The highest BCUT2D eigenvalue weighted by atomic mass is 35.5. The molecule has 1 heterocycles. The fourth-order valence-electron chi connectivity index (χ4n) is 3.95. The summed E-state index contributed by atoms with van der Waals surface area (Å²) in [6.45, 7) is 3.32. The molecule has 0 fully saturated rings. The van der Waals surface area contributed by atoms with Crippen LogP contribution in [0.25, 0.3) is 5.69 Å². The molecule has 0 spiro atoms. The van der Waals surface area contributed by atoms with Gasteiger partial charge in [-0.2, -0.15) is 10.4 Å². The summed E-state index contributed by atoms with van der Waals surface area (Å²) in [5.74, 6) is 0.994. The van der Waals surface area contributed by atoms with E-state index < -0.39 is 0 Å². The molecule has 37 heavy (non-hydrogen) atoms. The van der Waals surface area contributed by atoms with Gasteiger partial charge in [0.25, 0.3) is 0 Å². The summed E-state index contributed by atoms with van der Waals surface area (Å²) in [6, 6.07) is 24.4. The van der Waals surface area contributed by atoms with E-state index in [0.29, 0.717) is 28.6 Å². The molecule has 188 valence electrons. The van der Waals surface area contributed by atoms with Gasteiger partial charge in [0.1, 0.15) is 23.2 Å². The number of nitriles is 1. The molecule has 0 aliphatic rings. The first-order valence-corrected chi connectivity index (χ1v) is 12.3. The number of anilines is 2. The zero-order valence-corrected chi connectivity index (χ0v) is 21.8. The highest BCUT2D eigenvalue weighted by Crippen LogP contribution is 2.26. The lowest BCUT2D eigenvalue weighted by atomic mass is 10.0. The van der Waals surface area contributed by atoms with Crippen molar-refractivity contribution in [3.63, 3.8) is 0 Å². The Morgan fingerprint density at radius 1 is 1.08 bits per heavy atom. The normalized spacial score (nSPS) is 10.6. The zero-order valence-electron chi connectivity index (χ0n) is 21.0. The monoisotopic (exact) mass is 513 g/mol. The summed E-state index contributed by atoms with van der Waals surface area (Å²) in [7, 11) is 3.67. The molecular weight excluding hydrogens is 486 g/mol. The van der Waals surface area contributed by atoms with Crippen LogP contribution < -0.4 is 15.0 Å². The first kappa shape index (κ1) is 25.8. The van der Waals surface area contributed by atoms with Crippen molar-refractivity contribution >= 4 is 28.9 Å². The Labute approximate surface area is 221 Å². The first-order valence-electron chi connectivity index (χ1n) is 11.9. The van der Waals surface area contributed by atoms with Crippen LogP contribution in [0.2, 0.25) is 5.02 Å². The smallest absolute Gasteiger partial charge is 0.214 e. The Morgan fingerprint density at radius 3 is 2.38 bits per heavy atom. The molecule has 4 rings (SSSR count). The van der Waals surface area contributed by atoms with Gasteiger partial charge in [-0.05, 0) is 61.9 Å². The van der Waals surface area contributed by atoms with Crippen LogP contribution in [-0.4, -0.2) is 42.8 Å². The number of carbonyl (C=O) groups is 1. The van der Waals surface area contributed by atoms with Crippen molar-refractivity contribution in [3.8, 4) is 17.5 Å². The lowest BCUT2D eigenvalue weighted by molar-refractivity contribution is 0.103. The molecular formula is C29H28ClN5O2. The number of aromatic nitrogens is 2. The van der Waals surface area contributed by atoms with Gasteiger partial charge < -0.3 is 15.0 Å². The molecule has 0 aliphatic heterocycles. The number of methoxy groups -OCH3 is 1. The lowest BCUT2D eigenvalue weighted by Gasteiger charge is -2.20. The zero-order chi connectivity index (χ0) is 26.4. The largest absolute Gasteiger partial charge is 0.497 e. The van der Waals surface area contributed by atoms with Crippen LogP contribution in [0.1, 0.15) is 33.6 Å². The number of nitrogens with zero attached hydrogens (tertiary/aromatic N) is 4. The topological polar surface area (TPSA) is 83.2 Å². The minimum absolute atomic E-state index is 0.110. The van der Waals surface area contributed by atoms with Crippen LogP contribution in [0.4, 0.5) is 11.5 Å². The lowest BCUT2D eigenvalue weighted by Crippen LogP contribution is -2.21. The highest BCUT2D eigenvalue weighted by Gasteiger charge is 2.25. The van der Waals surface area contributed by atoms with Crippen molar-refractivity contribution in [1.29, 1.82) is 5.26 Å². The Bertz CT molecular complexity index is 1410. The van der Waals surface area contributed by atoms with E-state index in [1.807, 2.05) is 50.4 Å². The average molecular weight is 514 g/mol. The van der Waals surface area contributed by atoms with Crippen molar-refractivity contribution in [2.24, 2.45) is 0 Å². The molecule has 1 aromatic heterocycles. The Kier molecular flexibility index (Phi) is 8.11. The van der Waals surface area contributed by atoms with Gasteiger partial charge >= 0.3 is 0 Å². The Balaban J connectivity index is 1.57. The number of ether oxygens (including phenoxy) is 1. The molecule has 0 unspecified atom stereocenters. The number of halogens is 1. The fourth-order valence-corrected chi connectivity index (χ4v) is 4.07. The number of hydrogen-bond donors (Lipinski definition) is 1. The number of hydrogen-bond acceptors (Lipinski definition) is 6. The van der Waals surface area contributed by atoms with E-state index in [9.17, 15) is 10.1 Å². The summed E-state index contributed by atoms with van der Waals surface area (Å²) in [5.41, 5.74) is 3.63. The third-order valence-corrected chi connectivity index (χ3v) is 6.33. The van der Waals surface area contributed by atoms with E-state index in [4.69, 9.17) is 16.3 Å². The third-order valence-electron chi connectivity index (χ3n) is 6.07. The highest BCUT2D eigenvalue weighted by molar-refractivity contribution is 6.30. The minimum Gasteiger partial charge on any atom is -0.497 e. The van der Waals surface area contributed by atoms with Crippen molar-refractivity contribution in [2.45, 2.75) is 13.3 Å². The molecule has 4 aromatic rings. The maximum atomic E-state index is 13.3. The molecule has 7 nitrogen and oxygen atoms in total. The predicted octanol–water partition coefficient (Wildman–Crippen LogP) is 5.88. The molecule has 8 heteroatoms. The molecule has 0 amide bonds. The van der Waals surface area contributed by atoms with E-state index in [0.717, 1.165) is 30.0 Å². The van der Waals surface area contributed by atoms with E-state index in [-0.39, 0.29) is 17.0 Å². The molecule has 0 atom stereocenters. The standard InChI is InChI=1S/C29H28ClN5O2/c1-20-5-7-21(8-6-20)28(36)27-26(19-31)29(35(33-27)24-11-9-22(30)10-12-24)32-17-4-18-34(2)23-13-15-25(37-3)16-14-23/h5-16,32H,4,17-18H2,1-3H3. The number of ketones is 1. The molecule has 0 aliphatic carbocycles. The second-order valence-electron chi connectivity index (χ2n) is 8.67. The molecule has 0 saturated carbocycles. The molecule has 0 saturated heterocycles. The molecule has 1 N–H and O–H groups in total. The fraction of sp³-hybridized carbons (Fsp3) is 0.207. The SMILES string of the molecule is COc1ccc(N(C)CCCNc2c(C#N)c(C(=O)c3ccc(C)cc3)nn2-c2ccc(Cl)cc2)cc1. The summed E-state index contributed by atoms with van der Waals surface area (Å²) in [6.07, 6.45) is 0.792. The van der Waals surface area contributed by atoms with Gasteiger partial charge in [0.05, 0.1) is 12.8 Å². The van der Waals surface area contributed by atoms with Gasteiger partial charge in [0, 0.05) is 36.4 Å². The van der Waals surface area contributed by atoms with Crippen molar-refractivity contribution < 1.29 is 9.53 Å². The summed E-state index contributed by atoms with van der Waals surface area (Å²) < 4.78 is 6.83. The average Bonchev–Trinajstić information content (AvgIpc) is 3.29. The van der Waals surface area contributed by atoms with Crippen LogP contribution in [0.5, 0.6) is 5.75 Å². The van der Waals surface area contributed by atoms with Crippen LogP contribution in [0.3, 0.4) is 0 Å². The minimum atomic E-state index is -0.299.